The maximum absolute atomic E-state index is 12.9. The van der Waals surface area contributed by atoms with Gasteiger partial charge in [-0.05, 0) is 42.3 Å². The first kappa shape index (κ1) is 19.5. The van der Waals surface area contributed by atoms with Crippen LogP contribution in [0.15, 0.2) is 42.7 Å². The van der Waals surface area contributed by atoms with E-state index in [-0.39, 0.29) is 18.7 Å². The molecule has 0 spiro atoms. The standard InChI is InChI=1S/C20H24N4O4/c1-14(19(25)23(2)3)22-20(26)24(11-15-6-8-21-9-7-15)12-16-4-5-17-18(10-16)28-13-27-17/h4-10,14H,11-13H2,1-3H3,(H,22,26)/t14-/m1/s1. The van der Waals surface area contributed by atoms with Crippen molar-refractivity contribution >= 4 is 11.9 Å². The highest BCUT2D eigenvalue weighted by molar-refractivity contribution is 5.86. The van der Waals surface area contributed by atoms with Crippen molar-refractivity contribution in [2.45, 2.75) is 26.1 Å². The number of fused-ring (bicyclic) bond motifs is 1. The lowest BCUT2D eigenvalue weighted by Crippen LogP contribution is -2.49. The van der Waals surface area contributed by atoms with E-state index in [0.29, 0.717) is 24.6 Å². The molecule has 3 amide bonds. The van der Waals surface area contributed by atoms with Crippen molar-refractivity contribution in [2.24, 2.45) is 0 Å². The molecule has 0 saturated heterocycles. The third-order valence-electron chi connectivity index (χ3n) is 4.37. The van der Waals surface area contributed by atoms with Gasteiger partial charge in [0.1, 0.15) is 6.04 Å². The highest BCUT2D eigenvalue weighted by atomic mass is 16.7. The van der Waals surface area contributed by atoms with Gasteiger partial charge in [-0.15, -0.1) is 0 Å². The molecule has 3 rings (SSSR count). The maximum Gasteiger partial charge on any atom is 0.318 e. The molecule has 1 aliphatic heterocycles. The zero-order chi connectivity index (χ0) is 20.1. The molecular weight excluding hydrogens is 360 g/mol. The van der Waals surface area contributed by atoms with E-state index in [9.17, 15) is 9.59 Å². The topological polar surface area (TPSA) is 84.0 Å². The molecule has 0 fully saturated rings. The number of urea groups is 1. The van der Waals surface area contributed by atoms with Gasteiger partial charge in [0, 0.05) is 39.6 Å². The average Bonchev–Trinajstić information content (AvgIpc) is 3.15. The second-order valence-electron chi connectivity index (χ2n) is 6.80. The number of carbonyl (C=O) groups is 2. The summed E-state index contributed by atoms with van der Waals surface area (Å²) in [5.41, 5.74) is 1.84. The van der Waals surface area contributed by atoms with Gasteiger partial charge in [-0.25, -0.2) is 4.79 Å². The van der Waals surface area contributed by atoms with Crippen LogP contribution in [0.3, 0.4) is 0 Å². The lowest BCUT2D eigenvalue weighted by molar-refractivity contribution is -0.130. The zero-order valence-electron chi connectivity index (χ0n) is 16.2. The molecular formula is C20H24N4O4. The Balaban J connectivity index is 1.76. The number of benzene rings is 1. The molecule has 2 aromatic rings. The third-order valence-corrected chi connectivity index (χ3v) is 4.37. The lowest BCUT2D eigenvalue weighted by Gasteiger charge is -2.26. The Hall–Kier alpha value is -3.29. The first-order chi connectivity index (χ1) is 13.4. The number of aromatic nitrogens is 1. The van der Waals surface area contributed by atoms with E-state index in [1.54, 1.807) is 38.3 Å². The molecule has 2 heterocycles. The van der Waals surface area contributed by atoms with Gasteiger partial charge in [0.05, 0.1) is 0 Å². The summed E-state index contributed by atoms with van der Waals surface area (Å²) in [4.78, 5) is 32.1. The monoisotopic (exact) mass is 384 g/mol. The van der Waals surface area contributed by atoms with Gasteiger partial charge >= 0.3 is 6.03 Å². The molecule has 1 atom stereocenters. The molecule has 0 saturated carbocycles. The fraction of sp³-hybridized carbons (Fsp3) is 0.350. The summed E-state index contributed by atoms with van der Waals surface area (Å²) in [5, 5.41) is 2.78. The second kappa shape index (κ2) is 8.60. The Kier molecular flexibility index (Phi) is 5.98. The molecule has 0 bridgehead atoms. The number of pyridine rings is 1. The normalized spacial score (nSPS) is 13.0. The second-order valence-corrected chi connectivity index (χ2v) is 6.80. The van der Waals surface area contributed by atoms with Crippen LogP contribution in [0.1, 0.15) is 18.1 Å². The van der Waals surface area contributed by atoms with Crippen molar-refractivity contribution in [3.63, 3.8) is 0 Å². The van der Waals surface area contributed by atoms with E-state index >= 15 is 0 Å². The van der Waals surface area contributed by atoms with E-state index < -0.39 is 6.04 Å². The first-order valence-electron chi connectivity index (χ1n) is 8.98. The van der Waals surface area contributed by atoms with Crippen LogP contribution < -0.4 is 14.8 Å². The quantitative estimate of drug-likeness (QED) is 0.824. The summed E-state index contributed by atoms with van der Waals surface area (Å²) < 4.78 is 10.8. The highest BCUT2D eigenvalue weighted by Gasteiger charge is 2.22. The van der Waals surface area contributed by atoms with Gasteiger partial charge in [-0.1, -0.05) is 6.07 Å². The smallest absolute Gasteiger partial charge is 0.318 e. The summed E-state index contributed by atoms with van der Waals surface area (Å²) in [6.45, 7) is 2.61. The van der Waals surface area contributed by atoms with Crippen LogP contribution in [0, 0.1) is 0 Å². The number of nitrogens with zero attached hydrogens (tertiary/aromatic N) is 3. The largest absolute Gasteiger partial charge is 0.454 e. The molecule has 1 aliphatic rings. The fourth-order valence-corrected chi connectivity index (χ4v) is 2.89. The molecule has 1 aromatic carbocycles. The molecule has 0 unspecified atom stereocenters. The van der Waals surface area contributed by atoms with Crippen molar-refractivity contribution in [3.8, 4) is 11.5 Å². The van der Waals surface area contributed by atoms with Crippen LogP contribution in [0.4, 0.5) is 4.79 Å². The Bertz CT molecular complexity index is 841. The minimum absolute atomic E-state index is 0.166. The summed E-state index contributed by atoms with van der Waals surface area (Å²) in [6, 6.07) is 8.36. The van der Waals surface area contributed by atoms with Crippen LogP contribution in [0.5, 0.6) is 11.5 Å². The molecule has 8 nitrogen and oxygen atoms in total. The van der Waals surface area contributed by atoms with Crippen LogP contribution >= 0.6 is 0 Å². The average molecular weight is 384 g/mol. The van der Waals surface area contributed by atoms with Crippen molar-refractivity contribution in [3.05, 3.63) is 53.9 Å². The minimum Gasteiger partial charge on any atom is -0.454 e. The number of hydrogen-bond acceptors (Lipinski definition) is 5. The van der Waals surface area contributed by atoms with E-state index in [2.05, 4.69) is 10.3 Å². The number of amides is 3. The molecule has 148 valence electrons. The van der Waals surface area contributed by atoms with Crippen molar-refractivity contribution < 1.29 is 19.1 Å². The van der Waals surface area contributed by atoms with E-state index in [4.69, 9.17) is 9.47 Å². The predicted octanol–water partition coefficient (Wildman–Crippen LogP) is 2.00. The highest BCUT2D eigenvalue weighted by Crippen LogP contribution is 2.32. The summed E-state index contributed by atoms with van der Waals surface area (Å²) in [7, 11) is 3.32. The molecule has 1 N–H and O–H groups in total. The molecule has 8 heteroatoms. The van der Waals surface area contributed by atoms with Crippen molar-refractivity contribution in [1.29, 1.82) is 0 Å². The number of hydrogen-bond donors (Lipinski definition) is 1. The Morgan fingerprint density at radius 2 is 1.75 bits per heavy atom. The minimum atomic E-state index is -0.626. The van der Waals surface area contributed by atoms with Crippen LogP contribution in [0.2, 0.25) is 0 Å². The predicted molar refractivity (Wildman–Crippen MR) is 103 cm³/mol. The van der Waals surface area contributed by atoms with Crippen molar-refractivity contribution in [2.75, 3.05) is 20.9 Å². The van der Waals surface area contributed by atoms with Crippen LogP contribution in [0.25, 0.3) is 0 Å². The van der Waals surface area contributed by atoms with E-state index in [1.165, 1.54) is 4.90 Å². The number of carbonyl (C=O) groups excluding carboxylic acids is 2. The number of nitrogens with one attached hydrogen (secondary N) is 1. The van der Waals surface area contributed by atoms with Gasteiger partial charge in [-0.3, -0.25) is 9.78 Å². The molecule has 0 aliphatic carbocycles. The van der Waals surface area contributed by atoms with Crippen molar-refractivity contribution in [1.82, 2.24) is 20.1 Å². The van der Waals surface area contributed by atoms with Crippen LogP contribution in [-0.2, 0) is 17.9 Å². The molecule has 0 radical (unpaired) electrons. The summed E-state index contributed by atoms with van der Waals surface area (Å²) >= 11 is 0. The molecule has 1 aromatic heterocycles. The van der Waals surface area contributed by atoms with E-state index in [1.807, 2.05) is 30.3 Å². The zero-order valence-corrected chi connectivity index (χ0v) is 16.2. The van der Waals surface area contributed by atoms with E-state index in [0.717, 1.165) is 11.1 Å². The summed E-state index contributed by atoms with van der Waals surface area (Å²) in [5.74, 6) is 1.19. The molecule has 28 heavy (non-hydrogen) atoms. The Labute approximate surface area is 164 Å². The number of ether oxygens (including phenoxy) is 2. The Morgan fingerprint density at radius 1 is 1.07 bits per heavy atom. The maximum atomic E-state index is 12.9. The van der Waals surface area contributed by atoms with Gasteiger partial charge in [0.25, 0.3) is 0 Å². The van der Waals surface area contributed by atoms with Gasteiger partial charge in [0.15, 0.2) is 11.5 Å². The van der Waals surface area contributed by atoms with Crippen LogP contribution in [-0.4, -0.2) is 53.7 Å². The van der Waals surface area contributed by atoms with Gasteiger partial charge < -0.3 is 24.6 Å². The fourth-order valence-electron chi connectivity index (χ4n) is 2.89. The third kappa shape index (κ3) is 4.70. The van der Waals surface area contributed by atoms with Gasteiger partial charge in [0.2, 0.25) is 12.7 Å². The first-order valence-corrected chi connectivity index (χ1v) is 8.98. The number of rotatable bonds is 6. The van der Waals surface area contributed by atoms with Gasteiger partial charge in [-0.2, -0.15) is 0 Å². The SMILES string of the molecule is C[C@@H](NC(=O)N(Cc1ccncc1)Cc1ccc2c(c1)OCO2)C(=O)N(C)C. The summed E-state index contributed by atoms with van der Waals surface area (Å²) in [6.07, 6.45) is 3.37. The number of likely N-dealkylation sites (N-methyl/N-ethyl adjacent to an activating group) is 1. The Morgan fingerprint density at radius 3 is 2.46 bits per heavy atom. The lowest BCUT2D eigenvalue weighted by atomic mass is 10.1.